The highest BCUT2D eigenvalue weighted by atomic mass is 19.1. The smallest absolute Gasteiger partial charge is 0.408 e. The zero-order valence-corrected chi connectivity index (χ0v) is 25.3. The second kappa shape index (κ2) is 13.1. The van der Waals surface area contributed by atoms with Gasteiger partial charge in [-0.2, -0.15) is 0 Å². The van der Waals surface area contributed by atoms with Crippen molar-refractivity contribution in [2.24, 2.45) is 5.92 Å². The predicted molar refractivity (Wildman–Crippen MR) is 158 cm³/mol. The zero-order valence-electron chi connectivity index (χ0n) is 25.3. The molecule has 1 saturated carbocycles. The van der Waals surface area contributed by atoms with Crippen LogP contribution in [0.2, 0.25) is 0 Å². The van der Waals surface area contributed by atoms with Crippen molar-refractivity contribution in [2.75, 3.05) is 26.7 Å². The number of esters is 1. The van der Waals surface area contributed by atoms with Crippen LogP contribution in [0.25, 0.3) is 10.9 Å². The van der Waals surface area contributed by atoms with Crippen LogP contribution in [0.4, 0.5) is 9.18 Å². The Hall–Kier alpha value is -3.67. The van der Waals surface area contributed by atoms with E-state index in [9.17, 15) is 14.4 Å². The molecular weight excluding hydrogens is 571 g/mol. The average Bonchev–Trinajstić information content (AvgIpc) is 3.61. The number of piperidine rings is 1. The van der Waals surface area contributed by atoms with Crippen LogP contribution >= 0.6 is 0 Å². The van der Waals surface area contributed by atoms with Gasteiger partial charge in [0.25, 0.3) is 0 Å². The number of aromatic nitrogens is 1. The fourth-order valence-electron chi connectivity index (χ4n) is 6.59. The number of ether oxygens (including phenoxy) is 4. The third-order valence-corrected chi connectivity index (χ3v) is 9.14. The molecule has 11 nitrogen and oxygen atoms in total. The number of para-hydroxylation sites is 1. The standard InChI is InChI=1S/C32H41FN4O7/c1-18-30(38)37-17-20(15-25(37)31(39)41-2)42-29-22(10-5-3-4-8-19-14-27(19)44-32(40)35-18)28(21-9-6-7-11-24(21)36-29)43-26-12-13-34-16-23(26)33/h6-7,9,11,18-20,23,25-27,34H,3-5,8,10,12-17H2,1-2H3,(H,35,40)/t18-,19+,20+,23+,25-,26-,27+/m0/s1. The Balaban J connectivity index is 1.36. The summed E-state index contributed by atoms with van der Waals surface area (Å²) in [7, 11) is 1.28. The van der Waals surface area contributed by atoms with Crippen LogP contribution in [0.15, 0.2) is 24.3 Å². The van der Waals surface area contributed by atoms with E-state index in [1.165, 1.54) is 12.0 Å². The fourth-order valence-corrected chi connectivity index (χ4v) is 6.59. The largest absolute Gasteiger partial charge is 0.486 e. The lowest BCUT2D eigenvalue weighted by atomic mass is 10.0. The molecule has 0 spiro atoms. The first kappa shape index (κ1) is 30.4. The fraction of sp³-hybridized carbons (Fsp3) is 0.625. The van der Waals surface area contributed by atoms with Crippen LogP contribution in [-0.4, -0.2) is 91.2 Å². The second-order valence-electron chi connectivity index (χ2n) is 12.3. The number of nitrogens with one attached hydrogen (secondary N) is 2. The minimum atomic E-state index is -1.15. The molecule has 7 atom stereocenters. The molecule has 2 amide bonds. The minimum Gasteiger partial charge on any atom is -0.486 e. The molecule has 12 heteroatoms. The number of methoxy groups -OCH3 is 1. The first-order valence-electron chi connectivity index (χ1n) is 15.8. The zero-order chi connectivity index (χ0) is 30.8. The molecule has 0 unspecified atom stereocenters. The second-order valence-corrected chi connectivity index (χ2v) is 12.3. The number of carbonyl (C=O) groups excluding carboxylic acids is 3. The lowest BCUT2D eigenvalue weighted by molar-refractivity contribution is -0.151. The number of alkyl carbamates (subject to hydrolysis) is 1. The molecule has 2 bridgehead atoms. The normalized spacial score (nSPS) is 31.3. The number of alkyl halides is 1. The Bertz CT molecular complexity index is 1390. The van der Waals surface area contributed by atoms with E-state index >= 15 is 4.39 Å². The molecule has 1 aromatic heterocycles. The maximum atomic E-state index is 15.0. The van der Waals surface area contributed by atoms with E-state index in [1.54, 1.807) is 6.92 Å². The van der Waals surface area contributed by atoms with Gasteiger partial charge in [-0.25, -0.2) is 19.0 Å². The average molecular weight is 613 g/mol. The van der Waals surface area contributed by atoms with Crippen molar-refractivity contribution < 1.29 is 37.7 Å². The van der Waals surface area contributed by atoms with Crippen LogP contribution in [0.5, 0.6) is 11.6 Å². The third kappa shape index (κ3) is 6.55. The maximum absolute atomic E-state index is 15.0. The van der Waals surface area contributed by atoms with Crippen molar-refractivity contribution in [3.8, 4) is 11.6 Å². The lowest BCUT2D eigenvalue weighted by Crippen LogP contribution is -2.51. The molecule has 3 fully saturated rings. The molecule has 44 heavy (non-hydrogen) atoms. The SMILES string of the molecule is COC(=O)[C@@H]1C[C@@H]2CN1C(=O)[C@H](C)NC(=O)O[C@@H]1C[C@H]1CCCCCc1c(nc3ccccc3c1O[C@H]1CCNC[C@H]1F)O2. The van der Waals surface area contributed by atoms with E-state index in [4.69, 9.17) is 23.9 Å². The van der Waals surface area contributed by atoms with Gasteiger partial charge in [-0.3, -0.25) is 4.79 Å². The monoisotopic (exact) mass is 612 g/mol. The number of pyridine rings is 1. The molecule has 4 aliphatic rings. The highest BCUT2D eigenvalue weighted by molar-refractivity contribution is 5.90. The minimum absolute atomic E-state index is 0.0926. The summed E-state index contributed by atoms with van der Waals surface area (Å²) in [5.41, 5.74) is 1.42. The molecule has 2 saturated heterocycles. The van der Waals surface area contributed by atoms with E-state index in [-0.39, 0.29) is 25.6 Å². The first-order valence-corrected chi connectivity index (χ1v) is 15.8. The molecule has 2 N–H and O–H groups in total. The number of hydrogen-bond donors (Lipinski definition) is 2. The van der Waals surface area contributed by atoms with Crippen molar-refractivity contribution in [1.29, 1.82) is 0 Å². The summed E-state index contributed by atoms with van der Waals surface area (Å²) in [4.78, 5) is 45.1. The number of fused-ring (bicyclic) bond motifs is 5. The number of halogens is 1. The van der Waals surface area contributed by atoms with Crippen LogP contribution in [0, 0.1) is 5.92 Å². The van der Waals surface area contributed by atoms with E-state index in [0.717, 1.165) is 43.1 Å². The summed E-state index contributed by atoms with van der Waals surface area (Å²) in [6, 6.07) is 5.78. The Labute approximate surface area is 256 Å². The van der Waals surface area contributed by atoms with Gasteiger partial charge >= 0.3 is 12.1 Å². The van der Waals surface area contributed by atoms with Crippen molar-refractivity contribution >= 4 is 28.9 Å². The Morgan fingerprint density at radius 3 is 2.77 bits per heavy atom. The van der Waals surface area contributed by atoms with Gasteiger partial charge in [0.2, 0.25) is 11.8 Å². The van der Waals surface area contributed by atoms with Gasteiger partial charge in [0.05, 0.1) is 24.7 Å². The van der Waals surface area contributed by atoms with Crippen LogP contribution < -0.4 is 20.1 Å². The van der Waals surface area contributed by atoms with Crippen LogP contribution in [0.1, 0.15) is 57.4 Å². The molecule has 1 aromatic carbocycles. The molecule has 0 radical (unpaired) electrons. The third-order valence-electron chi connectivity index (χ3n) is 9.14. The van der Waals surface area contributed by atoms with Gasteiger partial charge in [0.1, 0.15) is 42.3 Å². The van der Waals surface area contributed by atoms with E-state index in [2.05, 4.69) is 10.6 Å². The Kier molecular flexibility index (Phi) is 9.06. The van der Waals surface area contributed by atoms with Gasteiger partial charge in [-0.05, 0) is 63.6 Å². The van der Waals surface area contributed by atoms with E-state index in [1.807, 2.05) is 24.3 Å². The van der Waals surface area contributed by atoms with Crippen molar-refractivity contribution in [3.05, 3.63) is 29.8 Å². The molecular formula is C32H41FN4O7. The molecule has 6 rings (SSSR count). The molecule has 4 heterocycles. The summed E-state index contributed by atoms with van der Waals surface area (Å²) in [6.07, 6.45) is 2.66. The van der Waals surface area contributed by atoms with Gasteiger partial charge in [-0.15, -0.1) is 0 Å². The van der Waals surface area contributed by atoms with Gasteiger partial charge in [0, 0.05) is 18.4 Å². The van der Waals surface area contributed by atoms with Crippen molar-refractivity contribution in [3.63, 3.8) is 0 Å². The van der Waals surface area contributed by atoms with Gasteiger partial charge in [0.15, 0.2) is 0 Å². The first-order chi connectivity index (χ1) is 21.3. The van der Waals surface area contributed by atoms with Gasteiger partial charge < -0.3 is 34.5 Å². The number of rotatable bonds is 3. The van der Waals surface area contributed by atoms with E-state index in [0.29, 0.717) is 42.5 Å². The molecule has 1 aliphatic carbocycles. The summed E-state index contributed by atoms with van der Waals surface area (Å²) >= 11 is 0. The Morgan fingerprint density at radius 2 is 1.95 bits per heavy atom. The molecule has 2 aromatic rings. The summed E-state index contributed by atoms with van der Waals surface area (Å²) in [5.74, 6) is 0.241. The van der Waals surface area contributed by atoms with Crippen molar-refractivity contribution in [1.82, 2.24) is 20.5 Å². The molecule has 238 valence electrons. The van der Waals surface area contributed by atoms with Crippen molar-refractivity contribution in [2.45, 2.75) is 94.9 Å². The summed E-state index contributed by atoms with van der Waals surface area (Å²) in [5, 5.41) is 6.50. The van der Waals surface area contributed by atoms with Crippen LogP contribution in [0.3, 0.4) is 0 Å². The highest BCUT2D eigenvalue weighted by Crippen LogP contribution is 2.41. The number of hydrogen-bond acceptors (Lipinski definition) is 9. The maximum Gasteiger partial charge on any atom is 0.408 e. The van der Waals surface area contributed by atoms with Crippen LogP contribution in [-0.2, 0) is 25.5 Å². The predicted octanol–water partition coefficient (Wildman–Crippen LogP) is 3.45. The number of amides is 2. The number of benzene rings is 1. The lowest BCUT2D eigenvalue weighted by Gasteiger charge is -2.29. The topological polar surface area (TPSA) is 128 Å². The quantitative estimate of drug-likeness (QED) is 0.501. The summed E-state index contributed by atoms with van der Waals surface area (Å²) < 4.78 is 38.6. The highest BCUT2D eigenvalue weighted by Gasteiger charge is 2.44. The number of nitrogens with zero attached hydrogens (tertiary/aromatic N) is 2. The van der Waals surface area contributed by atoms with E-state index < -0.39 is 48.4 Å². The number of carbonyl (C=O) groups is 3. The van der Waals surface area contributed by atoms with Gasteiger partial charge in [-0.1, -0.05) is 25.0 Å². The molecule has 3 aliphatic heterocycles. The summed E-state index contributed by atoms with van der Waals surface area (Å²) in [6.45, 7) is 2.56. The Morgan fingerprint density at radius 1 is 1.11 bits per heavy atom.